The lowest BCUT2D eigenvalue weighted by Crippen LogP contribution is -2.20. The predicted octanol–water partition coefficient (Wildman–Crippen LogP) is -0.217. The van der Waals surface area contributed by atoms with E-state index < -0.39 is 22.1 Å². The van der Waals surface area contributed by atoms with Crippen LogP contribution in [0.15, 0.2) is 6.33 Å². The molecule has 0 bridgehead atoms. The van der Waals surface area contributed by atoms with Crippen LogP contribution in [-0.2, 0) is 11.4 Å². The topological polar surface area (TPSA) is 126 Å². The van der Waals surface area contributed by atoms with E-state index in [1.807, 2.05) is 0 Å². The minimum absolute atomic E-state index is 0.0157. The molecule has 1 atom stereocenters. The van der Waals surface area contributed by atoms with Crippen molar-refractivity contribution in [2.75, 3.05) is 0 Å². The minimum Gasteiger partial charge on any atom is -0.390 e. The van der Waals surface area contributed by atoms with Crippen LogP contribution < -0.4 is 0 Å². The molecule has 0 aliphatic carbocycles. The molecule has 15 heavy (non-hydrogen) atoms. The first-order valence-corrected chi connectivity index (χ1v) is 3.84. The fraction of sp³-hybridized carbons (Fsp3) is 0.600. The highest BCUT2D eigenvalue weighted by Gasteiger charge is 2.16. The highest BCUT2D eigenvalue weighted by atomic mass is 17.0. The average molecular weight is 217 g/mol. The van der Waals surface area contributed by atoms with E-state index in [1.54, 1.807) is 0 Å². The van der Waals surface area contributed by atoms with Crippen molar-refractivity contribution in [2.24, 2.45) is 0 Å². The van der Waals surface area contributed by atoms with Crippen molar-refractivity contribution >= 4 is 5.95 Å². The van der Waals surface area contributed by atoms with Crippen molar-refractivity contribution in [3.05, 3.63) is 26.6 Å². The van der Waals surface area contributed by atoms with Gasteiger partial charge in [0.2, 0.25) is 6.33 Å². The van der Waals surface area contributed by atoms with Gasteiger partial charge in [0.05, 0.1) is 6.54 Å². The molecule has 0 aromatic carbocycles. The van der Waals surface area contributed by atoms with Gasteiger partial charge in [0.1, 0.15) is 6.10 Å². The Morgan fingerprint density at radius 1 is 1.60 bits per heavy atom. The summed E-state index contributed by atoms with van der Waals surface area (Å²) in [7, 11) is 0. The van der Waals surface area contributed by atoms with E-state index in [9.17, 15) is 20.2 Å². The zero-order valence-corrected chi connectivity index (χ0v) is 7.64. The van der Waals surface area contributed by atoms with Crippen LogP contribution in [0.2, 0.25) is 0 Å². The second-order valence-electron chi connectivity index (χ2n) is 2.66. The Bertz CT molecular complexity index is 376. The summed E-state index contributed by atoms with van der Waals surface area (Å²) < 4.78 is 1.10. The van der Waals surface area contributed by atoms with Crippen LogP contribution in [0.4, 0.5) is 5.95 Å². The van der Waals surface area contributed by atoms with Crippen molar-refractivity contribution < 1.29 is 14.8 Å². The first-order chi connectivity index (χ1) is 6.99. The number of rotatable bonds is 5. The molecule has 10 heteroatoms. The van der Waals surface area contributed by atoms with E-state index in [-0.39, 0.29) is 6.54 Å². The number of hydrogen-bond donors (Lipinski definition) is 0. The van der Waals surface area contributed by atoms with Crippen LogP contribution in [0.25, 0.3) is 0 Å². The standard InChI is InChI=1S/C5H7N5O5/c1-4(15-10(13)14)2-8-3-6-5(7-8)9(11)12/h3-4H,2H2,1H3. The van der Waals surface area contributed by atoms with Gasteiger partial charge in [-0.25, -0.2) is 0 Å². The van der Waals surface area contributed by atoms with Crippen LogP contribution in [0.3, 0.4) is 0 Å². The zero-order chi connectivity index (χ0) is 11.4. The van der Waals surface area contributed by atoms with Gasteiger partial charge in [-0.3, -0.25) is 0 Å². The summed E-state index contributed by atoms with van der Waals surface area (Å²) in [6.07, 6.45) is 0.360. The van der Waals surface area contributed by atoms with Gasteiger partial charge in [0, 0.05) is 5.10 Å². The summed E-state index contributed by atoms with van der Waals surface area (Å²) in [5, 5.41) is 22.7. The van der Waals surface area contributed by atoms with Gasteiger partial charge in [0.15, 0.2) is 0 Å². The molecule has 1 aromatic heterocycles. The SMILES string of the molecule is CC(Cn1cnc([N+](=O)[O-])n1)O[N+](=O)[O-]. The molecule has 0 aliphatic heterocycles. The van der Waals surface area contributed by atoms with Crippen molar-refractivity contribution in [1.82, 2.24) is 14.8 Å². The Kier molecular flexibility index (Phi) is 3.10. The largest absolute Gasteiger partial charge is 0.490 e. The smallest absolute Gasteiger partial charge is 0.390 e. The number of hydrogen-bond acceptors (Lipinski definition) is 7. The van der Waals surface area contributed by atoms with Gasteiger partial charge in [-0.15, -0.1) is 10.1 Å². The van der Waals surface area contributed by atoms with Crippen LogP contribution in [0, 0.1) is 20.2 Å². The molecule has 1 aromatic rings. The van der Waals surface area contributed by atoms with Crippen LogP contribution >= 0.6 is 0 Å². The minimum atomic E-state index is -0.935. The molecule has 0 saturated heterocycles. The first kappa shape index (κ1) is 10.8. The van der Waals surface area contributed by atoms with E-state index in [0.717, 1.165) is 11.0 Å². The molecule has 1 heterocycles. The predicted molar refractivity (Wildman–Crippen MR) is 44.2 cm³/mol. The van der Waals surface area contributed by atoms with Crippen LogP contribution in [0.1, 0.15) is 6.92 Å². The summed E-state index contributed by atoms with van der Waals surface area (Å²) in [5.74, 6) is -0.552. The van der Waals surface area contributed by atoms with Gasteiger partial charge >= 0.3 is 5.95 Å². The number of aromatic nitrogens is 3. The van der Waals surface area contributed by atoms with E-state index >= 15 is 0 Å². The van der Waals surface area contributed by atoms with Crippen molar-refractivity contribution in [2.45, 2.75) is 19.6 Å². The van der Waals surface area contributed by atoms with Gasteiger partial charge in [-0.2, -0.15) is 4.68 Å². The third-order valence-electron chi connectivity index (χ3n) is 1.40. The number of nitro groups is 1. The molecular formula is C5H7N5O5. The van der Waals surface area contributed by atoms with Crippen LogP contribution in [-0.4, -0.2) is 30.9 Å². The second-order valence-corrected chi connectivity index (χ2v) is 2.66. The quantitative estimate of drug-likeness (QED) is 0.492. The van der Waals surface area contributed by atoms with E-state index in [4.69, 9.17) is 0 Å². The molecule has 1 unspecified atom stereocenters. The molecule has 10 nitrogen and oxygen atoms in total. The number of nitrogens with zero attached hydrogens (tertiary/aromatic N) is 5. The highest BCUT2D eigenvalue weighted by molar-refractivity contribution is 4.96. The van der Waals surface area contributed by atoms with E-state index in [1.165, 1.54) is 6.92 Å². The molecule has 1 rings (SSSR count). The van der Waals surface area contributed by atoms with Gasteiger partial charge < -0.3 is 15.0 Å². The zero-order valence-electron chi connectivity index (χ0n) is 7.64. The molecule has 82 valence electrons. The Balaban J connectivity index is 2.57. The fourth-order valence-electron chi connectivity index (χ4n) is 0.900. The lowest BCUT2D eigenvalue weighted by atomic mass is 10.4. The van der Waals surface area contributed by atoms with Crippen molar-refractivity contribution in [1.29, 1.82) is 0 Å². The van der Waals surface area contributed by atoms with Crippen LogP contribution in [0.5, 0.6) is 0 Å². The third kappa shape index (κ3) is 3.17. The maximum atomic E-state index is 10.2. The lowest BCUT2D eigenvalue weighted by molar-refractivity contribution is -0.768. The molecular weight excluding hydrogens is 210 g/mol. The molecule has 0 fully saturated rings. The van der Waals surface area contributed by atoms with E-state index in [2.05, 4.69) is 14.9 Å². The van der Waals surface area contributed by atoms with Crippen molar-refractivity contribution in [3.63, 3.8) is 0 Å². The fourth-order valence-corrected chi connectivity index (χ4v) is 0.900. The monoisotopic (exact) mass is 217 g/mol. The molecule has 0 N–H and O–H groups in total. The molecule has 0 spiro atoms. The van der Waals surface area contributed by atoms with E-state index in [0.29, 0.717) is 0 Å². The molecule has 0 radical (unpaired) electrons. The summed E-state index contributed by atoms with van der Waals surface area (Å²) in [5.41, 5.74) is 0. The second kappa shape index (κ2) is 4.30. The van der Waals surface area contributed by atoms with Gasteiger partial charge in [-0.05, 0) is 11.8 Å². The summed E-state index contributed by atoms with van der Waals surface area (Å²) in [4.78, 5) is 27.0. The molecule has 0 aliphatic rings. The summed E-state index contributed by atoms with van der Waals surface area (Å²) in [6, 6.07) is 0. The normalized spacial score (nSPS) is 12.1. The Labute approximate surface area is 82.7 Å². The maximum absolute atomic E-state index is 10.2. The molecule has 0 saturated carbocycles. The first-order valence-electron chi connectivity index (χ1n) is 3.84. The van der Waals surface area contributed by atoms with Gasteiger partial charge in [-0.1, -0.05) is 4.98 Å². The summed E-state index contributed by atoms with van der Waals surface area (Å²) in [6.45, 7) is 1.46. The highest BCUT2D eigenvalue weighted by Crippen LogP contribution is 2.02. The maximum Gasteiger partial charge on any atom is 0.490 e. The Hall–Kier alpha value is -2.26. The van der Waals surface area contributed by atoms with Gasteiger partial charge in [0.25, 0.3) is 5.09 Å². The van der Waals surface area contributed by atoms with Crippen molar-refractivity contribution in [3.8, 4) is 0 Å². The lowest BCUT2D eigenvalue weighted by Gasteiger charge is -2.05. The third-order valence-corrected chi connectivity index (χ3v) is 1.40. The summed E-state index contributed by atoms with van der Waals surface area (Å²) >= 11 is 0. The Morgan fingerprint density at radius 3 is 2.73 bits per heavy atom. The Morgan fingerprint density at radius 2 is 2.27 bits per heavy atom. The molecule has 0 amide bonds. The average Bonchev–Trinajstić information content (AvgIpc) is 2.50.